The maximum Gasteiger partial charge on any atom is 0.325 e. The van der Waals surface area contributed by atoms with Crippen LogP contribution < -0.4 is 5.32 Å². The summed E-state index contributed by atoms with van der Waals surface area (Å²) in [4.78, 5) is 11.1. The highest BCUT2D eigenvalue weighted by Crippen LogP contribution is 2.09. The SMILES string of the molecule is COC(=O)C(Cl)CNCc1ccc(C)c(C)c1. The Kier molecular flexibility index (Phi) is 5.45. The molecule has 0 aliphatic carbocycles. The Balaban J connectivity index is 2.40. The molecule has 0 saturated carbocycles. The highest BCUT2D eigenvalue weighted by Gasteiger charge is 2.14. The molecule has 0 aromatic heterocycles. The van der Waals surface area contributed by atoms with Crippen LogP contribution in [0.4, 0.5) is 0 Å². The zero-order valence-corrected chi connectivity index (χ0v) is 11.2. The highest BCUT2D eigenvalue weighted by molar-refractivity contribution is 6.30. The van der Waals surface area contributed by atoms with Crippen molar-refractivity contribution in [2.45, 2.75) is 25.8 Å². The van der Waals surface area contributed by atoms with Gasteiger partial charge in [0.15, 0.2) is 0 Å². The summed E-state index contributed by atoms with van der Waals surface area (Å²) in [6.45, 7) is 5.26. The number of hydrogen-bond acceptors (Lipinski definition) is 3. The highest BCUT2D eigenvalue weighted by atomic mass is 35.5. The van der Waals surface area contributed by atoms with E-state index < -0.39 is 11.3 Å². The molecule has 17 heavy (non-hydrogen) atoms. The molecule has 94 valence electrons. The molecule has 0 fully saturated rings. The number of carbonyl (C=O) groups is 1. The lowest BCUT2D eigenvalue weighted by atomic mass is 10.1. The summed E-state index contributed by atoms with van der Waals surface area (Å²) >= 11 is 5.82. The molecule has 1 N–H and O–H groups in total. The van der Waals surface area contributed by atoms with Crippen molar-refractivity contribution in [2.75, 3.05) is 13.7 Å². The standard InChI is InChI=1S/C13H18ClNO2/c1-9-4-5-11(6-10(9)2)7-15-8-12(14)13(16)17-3/h4-6,12,15H,7-8H2,1-3H3. The molecule has 3 nitrogen and oxygen atoms in total. The van der Waals surface area contributed by atoms with Crippen molar-refractivity contribution in [1.29, 1.82) is 0 Å². The number of esters is 1. The van der Waals surface area contributed by atoms with E-state index >= 15 is 0 Å². The van der Waals surface area contributed by atoms with Gasteiger partial charge in [0.25, 0.3) is 0 Å². The number of rotatable bonds is 5. The van der Waals surface area contributed by atoms with E-state index in [-0.39, 0.29) is 0 Å². The molecule has 1 aromatic carbocycles. The van der Waals surface area contributed by atoms with Crippen LogP contribution in [0, 0.1) is 13.8 Å². The number of benzene rings is 1. The largest absolute Gasteiger partial charge is 0.468 e. The first-order chi connectivity index (χ1) is 8.04. The van der Waals surface area contributed by atoms with Crippen molar-refractivity contribution < 1.29 is 9.53 Å². The molecule has 4 heteroatoms. The minimum absolute atomic E-state index is 0.403. The third-order valence-corrected chi connectivity index (χ3v) is 3.01. The van der Waals surface area contributed by atoms with Crippen molar-refractivity contribution in [3.8, 4) is 0 Å². The van der Waals surface area contributed by atoms with Crippen molar-refractivity contribution in [1.82, 2.24) is 5.32 Å². The fourth-order valence-electron chi connectivity index (χ4n) is 1.47. The van der Waals surface area contributed by atoms with E-state index in [1.54, 1.807) is 0 Å². The van der Waals surface area contributed by atoms with Gasteiger partial charge in [-0.2, -0.15) is 0 Å². The van der Waals surface area contributed by atoms with Crippen LogP contribution in [0.5, 0.6) is 0 Å². The van der Waals surface area contributed by atoms with Gasteiger partial charge in [0.2, 0.25) is 0 Å². The first kappa shape index (κ1) is 14.0. The van der Waals surface area contributed by atoms with Gasteiger partial charge in [-0.25, -0.2) is 0 Å². The molecular weight excluding hydrogens is 238 g/mol. The molecule has 0 heterocycles. The van der Waals surface area contributed by atoms with Crippen LogP contribution in [0.15, 0.2) is 18.2 Å². The van der Waals surface area contributed by atoms with E-state index in [0.717, 1.165) is 0 Å². The van der Waals surface area contributed by atoms with Crippen molar-refractivity contribution >= 4 is 17.6 Å². The summed E-state index contributed by atoms with van der Waals surface area (Å²) in [6.07, 6.45) is 0. The number of halogens is 1. The lowest BCUT2D eigenvalue weighted by molar-refractivity contribution is -0.140. The number of methoxy groups -OCH3 is 1. The smallest absolute Gasteiger partial charge is 0.325 e. The van der Waals surface area contributed by atoms with E-state index in [9.17, 15) is 4.79 Å². The van der Waals surface area contributed by atoms with Crippen LogP contribution in [-0.4, -0.2) is 25.0 Å². The number of nitrogens with one attached hydrogen (secondary N) is 1. The summed E-state index contributed by atoms with van der Waals surface area (Å²) in [5, 5.41) is 2.50. The Morgan fingerprint density at radius 1 is 1.41 bits per heavy atom. The summed E-state index contributed by atoms with van der Waals surface area (Å²) in [5.74, 6) is -0.403. The van der Waals surface area contributed by atoms with E-state index in [1.165, 1.54) is 23.8 Å². The zero-order chi connectivity index (χ0) is 12.8. The van der Waals surface area contributed by atoms with Gasteiger partial charge in [-0.3, -0.25) is 4.79 Å². The Morgan fingerprint density at radius 2 is 2.12 bits per heavy atom. The molecule has 0 spiro atoms. The van der Waals surface area contributed by atoms with Crippen molar-refractivity contribution in [3.63, 3.8) is 0 Å². The summed E-state index contributed by atoms with van der Waals surface area (Å²) < 4.78 is 4.54. The fourth-order valence-corrected chi connectivity index (χ4v) is 1.67. The molecule has 1 unspecified atom stereocenters. The lowest BCUT2D eigenvalue weighted by Gasteiger charge is -2.10. The monoisotopic (exact) mass is 255 g/mol. The van der Waals surface area contributed by atoms with Crippen LogP contribution in [-0.2, 0) is 16.1 Å². The Hall–Kier alpha value is -1.06. The third kappa shape index (κ3) is 4.36. The van der Waals surface area contributed by atoms with Crippen LogP contribution in [0.3, 0.4) is 0 Å². The number of ether oxygens (including phenoxy) is 1. The molecule has 1 rings (SSSR count). The zero-order valence-electron chi connectivity index (χ0n) is 10.4. The molecular formula is C13H18ClNO2. The second kappa shape index (κ2) is 6.62. The third-order valence-electron chi connectivity index (χ3n) is 2.68. The van der Waals surface area contributed by atoms with Crippen LogP contribution in [0.2, 0.25) is 0 Å². The quantitative estimate of drug-likeness (QED) is 0.647. The van der Waals surface area contributed by atoms with Gasteiger partial charge in [0.1, 0.15) is 5.38 Å². The Morgan fingerprint density at radius 3 is 2.71 bits per heavy atom. The van der Waals surface area contributed by atoms with Gasteiger partial charge in [0.05, 0.1) is 7.11 Å². The number of alkyl halides is 1. The van der Waals surface area contributed by atoms with Gasteiger partial charge < -0.3 is 10.1 Å². The topological polar surface area (TPSA) is 38.3 Å². The van der Waals surface area contributed by atoms with Crippen LogP contribution in [0.1, 0.15) is 16.7 Å². The normalized spacial score (nSPS) is 12.2. The van der Waals surface area contributed by atoms with Gasteiger partial charge in [-0.1, -0.05) is 18.2 Å². The maximum atomic E-state index is 11.1. The van der Waals surface area contributed by atoms with Gasteiger partial charge in [-0.15, -0.1) is 11.6 Å². The van der Waals surface area contributed by atoms with Crippen molar-refractivity contribution in [2.24, 2.45) is 0 Å². The second-order valence-electron chi connectivity index (χ2n) is 4.04. The first-order valence-corrected chi connectivity index (χ1v) is 5.97. The number of carbonyl (C=O) groups excluding carboxylic acids is 1. The molecule has 1 atom stereocenters. The maximum absolute atomic E-state index is 11.1. The molecule has 0 aliphatic heterocycles. The van der Waals surface area contributed by atoms with Gasteiger partial charge in [0, 0.05) is 13.1 Å². The molecule has 0 bridgehead atoms. The summed E-state index contributed by atoms with van der Waals surface area (Å²) in [7, 11) is 1.33. The van der Waals surface area contributed by atoms with Gasteiger partial charge in [-0.05, 0) is 30.5 Å². The molecule has 0 aliphatic rings. The minimum atomic E-state index is -0.633. The summed E-state index contributed by atoms with van der Waals surface area (Å²) in [6, 6.07) is 6.28. The molecule has 1 aromatic rings. The van der Waals surface area contributed by atoms with Crippen LogP contribution >= 0.6 is 11.6 Å². The van der Waals surface area contributed by atoms with E-state index in [0.29, 0.717) is 13.1 Å². The van der Waals surface area contributed by atoms with E-state index in [4.69, 9.17) is 11.6 Å². The lowest BCUT2D eigenvalue weighted by Crippen LogP contribution is -2.29. The van der Waals surface area contributed by atoms with Gasteiger partial charge >= 0.3 is 5.97 Å². The second-order valence-corrected chi connectivity index (χ2v) is 4.57. The average molecular weight is 256 g/mol. The molecule has 0 amide bonds. The molecule has 0 saturated heterocycles. The predicted octanol–water partition coefficient (Wildman–Crippen LogP) is 2.17. The number of hydrogen-bond donors (Lipinski definition) is 1. The van der Waals surface area contributed by atoms with E-state index in [1.807, 2.05) is 0 Å². The Bertz CT molecular complexity index is 393. The average Bonchev–Trinajstić information content (AvgIpc) is 2.32. The number of aryl methyl sites for hydroxylation is 2. The van der Waals surface area contributed by atoms with E-state index in [2.05, 4.69) is 42.1 Å². The predicted molar refractivity (Wildman–Crippen MR) is 69.3 cm³/mol. The fraction of sp³-hybridized carbons (Fsp3) is 0.462. The summed E-state index contributed by atoms with van der Waals surface area (Å²) in [5.41, 5.74) is 3.72. The minimum Gasteiger partial charge on any atom is -0.468 e. The molecule has 0 radical (unpaired) electrons. The van der Waals surface area contributed by atoms with Crippen molar-refractivity contribution in [3.05, 3.63) is 34.9 Å². The van der Waals surface area contributed by atoms with Crippen LogP contribution in [0.25, 0.3) is 0 Å². The Labute approximate surface area is 107 Å². The first-order valence-electron chi connectivity index (χ1n) is 5.53.